The van der Waals surface area contributed by atoms with Gasteiger partial charge in [0.25, 0.3) is 0 Å². The number of fused-ring (bicyclic) bond motifs is 8. The van der Waals surface area contributed by atoms with Gasteiger partial charge in [-0.25, -0.2) is 19.2 Å². The summed E-state index contributed by atoms with van der Waals surface area (Å²) in [6.45, 7) is -7.00. The number of alkyl carbamates (subject to hydrolysis) is 4. The van der Waals surface area contributed by atoms with Crippen LogP contribution in [-0.2, 0) is 103 Å². The van der Waals surface area contributed by atoms with Gasteiger partial charge in [0.15, 0.2) is 0 Å². The van der Waals surface area contributed by atoms with Crippen molar-refractivity contribution in [3.63, 3.8) is 0 Å². The van der Waals surface area contributed by atoms with E-state index >= 15 is 0 Å². The third kappa shape index (κ3) is 28.7. The maximum Gasteiger partial charge on any atom is 0.407 e. The summed E-state index contributed by atoms with van der Waals surface area (Å²) in [6.07, 6.45) is -3.51. The molecule has 9 rings (SSSR count). The van der Waals surface area contributed by atoms with E-state index in [-0.39, 0.29) is 49.2 Å². The van der Waals surface area contributed by atoms with E-state index in [1.54, 1.807) is 188 Å². The number of anilines is 4. The number of hydrogen-bond acceptors (Lipinski definition) is 20. The molecule has 0 unspecified atom stereocenters. The van der Waals surface area contributed by atoms with Gasteiger partial charge in [-0.2, -0.15) is 0 Å². The van der Waals surface area contributed by atoms with Crippen LogP contribution in [0.1, 0.15) is 22.3 Å². The molecule has 1 aliphatic carbocycles. The maximum atomic E-state index is 13.7. The average molecular weight is 1590 g/mol. The lowest BCUT2D eigenvalue weighted by Gasteiger charge is -2.25. The first-order valence-corrected chi connectivity index (χ1v) is 35.7. The number of benzene rings is 8. The van der Waals surface area contributed by atoms with Crippen LogP contribution in [0.5, 0.6) is 0 Å². The zero-order valence-corrected chi connectivity index (χ0v) is 62.0. The second kappa shape index (κ2) is 43.8. The highest BCUT2D eigenvalue weighted by molar-refractivity contribution is 6.09. The van der Waals surface area contributed by atoms with Gasteiger partial charge in [0.1, 0.15) is 52.6 Å². The van der Waals surface area contributed by atoms with Crippen molar-refractivity contribution in [3.05, 3.63) is 216 Å². The molecule has 0 fully saturated rings. The van der Waals surface area contributed by atoms with Crippen molar-refractivity contribution in [2.45, 2.75) is 26.4 Å². The molecule has 0 aliphatic heterocycles. The zero-order chi connectivity index (χ0) is 82.6. The van der Waals surface area contributed by atoms with Crippen LogP contribution in [0.15, 0.2) is 194 Å². The van der Waals surface area contributed by atoms with E-state index in [4.69, 9.17) is 18.9 Å². The SMILES string of the molecule is O=C(CNC(=O)CNC(=O)OCc1ccccc1)NCC(=O)Nc1ccc2c(c1)-c1ccc(NC(=O)CNC(=O)CNC(=O)CNC(=O)OCc3ccccc3)cc1-c1ccc(NC(=O)CNC(=O)CNC(=O)CNC(=O)OCc3ccccc3)cc1-c1cc(NC(=O)CNC(=O)CNC(=O)CNC(=O)OCc3ccccc3)ccc1-2. The van der Waals surface area contributed by atoms with Crippen molar-refractivity contribution in [2.75, 3.05) is 99.8 Å². The van der Waals surface area contributed by atoms with Crippen molar-refractivity contribution in [1.82, 2.24) is 63.8 Å². The molecular formula is C80H80N16O20. The molecule has 600 valence electrons. The van der Waals surface area contributed by atoms with Gasteiger partial charge in [0.05, 0.1) is 52.4 Å². The Morgan fingerprint density at radius 2 is 0.345 bits per heavy atom. The molecule has 16 amide bonds. The van der Waals surface area contributed by atoms with E-state index in [0.29, 0.717) is 61.2 Å². The van der Waals surface area contributed by atoms with E-state index in [0.717, 1.165) is 5.56 Å². The van der Waals surface area contributed by atoms with Crippen LogP contribution in [0, 0.1) is 0 Å². The number of hydrogen-bond donors (Lipinski definition) is 16. The van der Waals surface area contributed by atoms with Gasteiger partial charge in [-0.1, -0.05) is 146 Å². The first-order chi connectivity index (χ1) is 56.0. The predicted molar refractivity (Wildman–Crippen MR) is 419 cm³/mol. The minimum absolute atomic E-state index is 0.0455. The molecule has 116 heavy (non-hydrogen) atoms. The molecular weight excluding hydrogens is 1500 g/mol. The fourth-order valence-electron chi connectivity index (χ4n) is 10.8. The van der Waals surface area contributed by atoms with Gasteiger partial charge in [-0.15, -0.1) is 0 Å². The molecule has 16 N–H and O–H groups in total. The Labute approximate surface area is 661 Å². The van der Waals surface area contributed by atoms with E-state index < -0.39 is 174 Å². The molecule has 0 heterocycles. The summed E-state index contributed by atoms with van der Waals surface area (Å²) in [5.41, 5.74) is 7.01. The fraction of sp³-hybridized carbons (Fsp3) is 0.200. The number of nitrogens with one attached hydrogen (secondary N) is 16. The minimum Gasteiger partial charge on any atom is -0.445 e. The summed E-state index contributed by atoms with van der Waals surface area (Å²) in [6, 6.07) is 54.5. The molecule has 8 aromatic carbocycles. The third-order valence-electron chi connectivity index (χ3n) is 16.4. The van der Waals surface area contributed by atoms with Crippen molar-refractivity contribution in [3.8, 4) is 44.5 Å². The molecule has 0 aromatic heterocycles. The van der Waals surface area contributed by atoms with Crippen LogP contribution in [0.25, 0.3) is 44.5 Å². The Morgan fingerprint density at radius 1 is 0.181 bits per heavy atom. The molecule has 0 saturated carbocycles. The van der Waals surface area contributed by atoms with Gasteiger partial charge < -0.3 is 104 Å². The first-order valence-electron chi connectivity index (χ1n) is 35.7. The fourth-order valence-corrected chi connectivity index (χ4v) is 10.8. The van der Waals surface area contributed by atoms with Gasteiger partial charge >= 0.3 is 24.4 Å². The summed E-state index contributed by atoms with van der Waals surface area (Å²) in [7, 11) is 0. The lowest BCUT2D eigenvalue weighted by molar-refractivity contribution is -0.126. The standard InChI is InChI=1S/C80H80N16O20/c97-65(33-81-69(101)37-89-77(109)113-45-49-13-5-1-6-14-49)85-41-73(105)93-53-21-25-57-58-26-22-55(95-75(107)43-87-67(99)35-83-71(103)39-91-79(111)115-47-51-17-9-3-10-18-51)31-63(58)64-32-56(96-76(108)44-88-68(100)36-84-72(104)40-92-80(112)116-48-52-19-11-4-12-20-52)24-28-60(64)62-30-54(23-27-59(62)61(57)29-53)94-74(106)42-86-66(98)34-82-70(102)38-90-78(110)114-46-50-15-7-2-8-16-50/h1-32H,33-48H2,(H,81,101)(H,82,102)(H,83,103)(H,84,104)(H,85,97)(H,86,98)(H,87,99)(H,88,100)(H,89,109)(H,90,110)(H,91,111)(H,92,112)(H,93,105)(H,94,106)(H,95,107)(H,96,108). The normalized spacial score (nSPS) is 10.5. The Balaban J connectivity index is 0.916. The van der Waals surface area contributed by atoms with Gasteiger partial charge in [-0.05, 0) is 115 Å². The van der Waals surface area contributed by atoms with Crippen LogP contribution in [0.3, 0.4) is 0 Å². The smallest absolute Gasteiger partial charge is 0.407 e. The molecule has 36 heteroatoms. The van der Waals surface area contributed by atoms with Crippen molar-refractivity contribution in [1.29, 1.82) is 0 Å². The highest BCUT2D eigenvalue weighted by Crippen LogP contribution is 2.50. The lowest BCUT2D eigenvalue weighted by Crippen LogP contribution is -2.43. The Kier molecular flexibility index (Phi) is 31.9. The van der Waals surface area contributed by atoms with Crippen molar-refractivity contribution in [2.24, 2.45) is 0 Å². The lowest BCUT2D eigenvalue weighted by atomic mass is 9.80. The molecule has 0 radical (unpaired) electrons. The minimum atomic E-state index is -0.879. The van der Waals surface area contributed by atoms with Crippen LogP contribution in [-0.4, -0.2) is 174 Å². The summed E-state index contributed by atoms with van der Waals surface area (Å²) < 4.78 is 20.4. The summed E-state index contributed by atoms with van der Waals surface area (Å²) in [4.78, 5) is 206. The van der Waals surface area contributed by atoms with E-state index in [9.17, 15) is 76.7 Å². The summed E-state index contributed by atoms with van der Waals surface area (Å²) >= 11 is 0. The van der Waals surface area contributed by atoms with Gasteiger partial charge in [0.2, 0.25) is 70.9 Å². The Hall–Kier alpha value is -15.5. The van der Waals surface area contributed by atoms with Crippen molar-refractivity contribution >= 4 is 118 Å². The van der Waals surface area contributed by atoms with E-state index in [2.05, 4.69) is 85.1 Å². The maximum absolute atomic E-state index is 13.7. The first kappa shape index (κ1) is 84.5. The Morgan fingerprint density at radius 3 is 0.543 bits per heavy atom. The average Bonchev–Trinajstić information content (AvgIpc) is 0.738. The topological polar surface area (TPSA) is 503 Å². The number of carbonyl (C=O) groups is 16. The number of amides is 16. The quantitative estimate of drug-likeness (QED) is 0.0251. The number of carbonyl (C=O) groups excluding carboxylic acids is 16. The largest absolute Gasteiger partial charge is 0.445 e. The van der Waals surface area contributed by atoms with Crippen LogP contribution in [0.4, 0.5) is 41.9 Å². The third-order valence-corrected chi connectivity index (χ3v) is 16.4. The van der Waals surface area contributed by atoms with Gasteiger partial charge in [0, 0.05) is 22.7 Å². The number of ether oxygens (including phenoxy) is 4. The predicted octanol–water partition coefficient (Wildman–Crippen LogP) is 3.06. The summed E-state index contributed by atoms with van der Waals surface area (Å²) in [5.74, 6) is -8.92. The molecule has 0 saturated heterocycles. The zero-order valence-electron chi connectivity index (χ0n) is 62.0. The molecule has 36 nitrogen and oxygen atoms in total. The second-order valence-corrected chi connectivity index (χ2v) is 25.1. The van der Waals surface area contributed by atoms with Crippen LogP contribution >= 0.6 is 0 Å². The van der Waals surface area contributed by atoms with Gasteiger partial charge in [-0.3, -0.25) is 57.5 Å². The molecule has 0 spiro atoms. The molecule has 8 aromatic rings. The molecule has 0 bridgehead atoms. The van der Waals surface area contributed by atoms with E-state index in [1.807, 2.05) is 0 Å². The van der Waals surface area contributed by atoms with Crippen LogP contribution < -0.4 is 85.1 Å². The Bertz CT molecular complexity index is 4940. The van der Waals surface area contributed by atoms with Crippen molar-refractivity contribution < 1.29 is 95.7 Å². The highest BCUT2D eigenvalue weighted by Gasteiger charge is 2.26. The van der Waals surface area contributed by atoms with Crippen LogP contribution in [0.2, 0.25) is 0 Å². The highest BCUT2D eigenvalue weighted by atomic mass is 16.6. The molecule has 0 atom stereocenters. The molecule has 1 aliphatic rings. The number of rotatable bonds is 36. The monoisotopic (exact) mass is 1580 g/mol. The summed E-state index contributed by atoms with van der Waals surface area (Å²) in [5, 5.41) is 39.3. The van der Waals surface area contributed by atoms with E-state index in [1.165, 1.54) is 6.07 Å². The second-order valence-electron chi connectivity index (χ2n) is 25.1.